The molecule has 0 aliphatic heterocycles. The predicted molar refractivity (Wildman–Crippen MR) is 79.8 cm³/mol. The van der Waals surface area contributed by atoms with Crippen molar-refractivity contribution < 1.29 is 0 Å². The predicted octanol–water partition coefficient (Wildman–Crippen LogP) is 3.06. The van der Waals surface area contributed by atoms with Gasteiger partial charge in [0.05, 0.1) is 0 Å². The molecule has 18 heavy (non-hydrogen) atoms. The number of likely N-dealkylation sites (N-methyl/N-ethyl adjacent to an activating group) is 1. The van der Waals surface area contributed by atoms with Crippen molar-refractivity contribution in [2.75, 3.05) is 26.7 Å². The summed E-state index contributed by atoms with van der Waals surface area (Å²) in [5, 5.41) is 3.50. The summed E-state index contributed by atoms with van der Waals surface area (Å²) < 4.78 is 0. The zero-order chi connectivity index (χ0) is 13.4. The van der Waals surface area contributed by atoms with E-state index in [1.54, 1.807) is 0 Å². The topological polar surface area (TPSA) is 15.3 Å². The number of nitrogens with zero attached hydrogens (tertiary/aromatic N) is 1. The molecule has 0 aliphatic carbocycles. The second kappa shape index (κ2) is 8.28. The van der Waals surface area contributed by atoms with Gasteiger partial charge >= 0.3 is 0 Å². The number of benzene rings is 1. The third-order valence-corrected chi connectivity index (χ3v) is 3.14. The largest absolute Gasteiger partial charge is 0.315 e. The van der Waals surface area contributed by atoms with Gasteiger partial charge in [0.15, 0.2) is 0 Å². The summed E-state index contributed by atoms with van der Waals surface area (Å²) in [4.78, 5) is 2.37. The lowest BCUT2D eigenvalue weighted by atomic mass is 10.1. The van der Waals surface area contributed by atoms with Crippen LogP contribution in [0.5, 0.6) is 0 Å². The zero-order valence-corrected chi connectivity index (χ0v) is 12.4. The van der Waals surface area contributed by atoms with Crippen LogP contribution in [-0.2, 0) is 6.54 Å². The van der Waals surface area contributed by atoms with E-state index >= 15 is 0 Å². The van der Waals surface area contributed by atoms with Crippen LogP contribution in [0, 0.1) is 12.8 Å². The van der Waals surface area contributed by atoms with Crippen LogP contribution in [0.25, 0.3) is 0 Å². The molecular formula is C16H28N2. The molecule has 1 N–H and O–H groups in total. The van der Waals surface area contributed by atoms with Gasteiger partial charge in [-0.25, -0.2) is 0 Å². The first-order valence-electron chi connectivity index (χ1n) is 7.02. The maximum Gasteiger partial charge on any atom is 0.0231 e. The van der Waals surface area contributed by atoms with Crippen LogP contribution in [-0.4, -0.2) is 31.6 Å². The molecule has 0 aliphatic rings. The lowest BCUT2D eigenvalue weighted by Crippen LogP contribution is -2.29. The maximum absolute atomic E-state index is 3.50. The highest BCUT2D eigenvalue weighted by Gasteiger charge is 2.00. The molecule has 1 rings (SSSR count). The molecule has 0 heterocycles. The van der Waals surface area contributed by atoms with Crippen molar-refractivity contribution in [3.63, 3.8) is 0 Å². The Balaban J connectivity index is 2.13. The summed E-state index contributed by atoms with van der Waals surface area (Å²) in [6.45, 7) is 11.0. The van der Waals surface area contributed by atoms with Crippen molar-refractivity contribution in [1.29, 1.82) is 0 Å². The summed E-state index contributed by atoms with van der Waals surface area (Å²) in [5.41, 5.74) is 2.72. The van der Waals surface area contributed by atoms with Crippen LogP contribution in [0.1, 0.15) is 31.4 Å². The first-order valence-corrected chi connectivity index (χ1v) is 7.02. The lowest BCUT2D eigenvalue weighted by molar-refractivity contribution is 0.323. The van der Waals surface area contributed by atoms with Gasteiger partial charge in [0.1, 0.15) is 0 Å². The molecule has 0 amide bonds. The molecule has 0 saturated carbocycles. The standard InChI is InChI=1S/C16H28N2/c1-14(2)9-10-17-11-12-18(4)13-16-7-5-15(3)6-8-16/h5-8,14,17H,9-13H2,1-4H3. The molecule has 0 aromatic heterocycles. The highest BCUT2D eigenvalue weighted by atomic mass is 15.1. The van der Waals surface area contributed by atoms with Crippen molar-refractivity contribution in [2.45, 2.75) is 33.7 Å². The minimum atomic E-state index is 0.794. The molecule has 2 heteroatoms. The van der Waals surface area contributed by atoms with Gasteiger partial charge in [0, 0.05) is 19.6 Å². The second-order valence-electron chi connectivity index (χ2n) is 5.66. The fourth-order valence-corrected chi connectivity index (χ4v) is 1.87. The average molecular weight is 248 g/mol. The van der Waals surface area contributed by atoms with Gasteiger partial charge in [0.25, 0.3) is 0 Å². The number of hydrogen-bond donors (Lipinski definition) is 1. The van der Waals surface area contributed by atoms with E-state index in [2.05, 4.69) is 62.3 Å². The van der Waals surface area contributed by atoms with Crippen LogP contribution in [0.4, 0.5) is 0 Å². The molecule has 0 atom stereocenters. The van der Waals surface area contributed by atoms with E-state index in [1.165, 1.54) is 17.5 Å². The maximum atomic E-state index is 3.50. The monoisotopic (exact) mass is 248 g/mol. The van der Waals surface area contributed by atoms with Crippen molar-refractivity contribution in [1.82, 2.24) is 10.2 Å². The highest BCUT2D eigenvalue weighted by Crippen LogP contribution is 2.05. The number of rotatable bonds is 8. The molecule has 0 radical (unpaired) electrons. The summed E-state index contributed by atoms with van der Waals surface area (Å²) >= 11 is 0. The van der Waals surface area contributed by atoms with Crippen molar-refractivity contribution >= 4 is 0 Å². The van der Waals surface area contributed by atoms with Gasteiger partial charge in [-0.2, -0.15) is 0 Å². The van der Waals surface area contributed by atoms with Gasteiger partial charge in [-0.05, 0) is 38.4 Å². The molecule has 102 valence electrons. The van der Waals surface area contributed by atoms with Gasteiger partial charge < -0.3 is 10.2 Å². The second-order valence-corrected chi connectivity index (χ2v) is 5.66. The SMILES string of the molecule is Cc1ccc(CN(C)CCNCCC(C)C)cc1. The van der Waals surface area contributed by atoms with E-state index in [4.69, 9.17) is 0 Å². The summed E-state index contributed by atoms with van der Waals surface area (Å²) in [6, 6.07) is 8.81. The molecule has 0 unspecified atom stereocenters. The fourth-order valence-electron chi connectivity index (χ4n) is 1.87. The van der Waals surface area contributed by atoms with E-state index in [1.807, 2.05) is 0 Å². The van der Waals surface area contributed by atoms with E-state index in [9.17, 15) is 0 Å². The van der Waals surface area contributed by atoms with Crippen LogP contribution in [0.15, 0.2) is 24.3 Å². The molecule has 1 aromatic carbocycles. The Labute approximate surface area is 112 Å². The number of aryl methyl sites for hydroxylation is 1. The average Bonchev–Trinajstić information content (AvgIpc) is 2.31. The van der Waals surface area contributed by atoms with E-state index in [0.717, 1.165) is 32.1 Å². The Morgan fingerprint density at radius 3 is 2.39 bits per heavy atom. The molecule has 0 saturated heterocycles. The Hall–Kier alpha value is -0.860. The van der Waals surface area contributed by atoms with Gasteiger partial charge in [-0.15, -0.1) is 0 Å². The van der Waals surface area contributed by atoms with Gasteiger partial charge in [-0.3, -0.25) is 0 Å². The Kier molecular flexibility index (Phi) is 6.99. The van der Waals surface area contributed by atoms with E-state index < -0.39 is 0 Å². The Morgan fingerprint density at radius 2 is 1.78 bits per heavy atom. The van der Waals surface area contributed by atoms with Crippen molar-refractivity contribution in [3.05, 3.63) is 35.4 Å². The van der Waals surface area contributed by atoms with Gasteiger partial charge in [-0.1, -0.05) is 43.7 Å². The first-order chi connectivity index (χ1) is 8.58. The van der Waals surface area contributed by atoms with Crippen LogP contribution in [0.2, 0.25) is 0 Å². The molecule has 0 bridgehead atoms. The quantitative estimate of drug-likeness (QED) is 0.711. The smallest absolute Gasteiger partial charge is 0.0231 e. The molecule has 0 spiro atoms. The molecule has 1 aromatic rings. The molecular weight excluding hydrogens is 220 g/mol. The van der Waals surface area contributed by atoms with Crippen LogP contribution < -0.4 is 5.32 Å². The third kappa shape index (κ3) is 6.77. The van der Waals surface area contributed by atoms with Crippen LogP contribution in [0.3, 0.4) is 0 Å². The van der Waals surface area contributed by atoms with Crippen molar-refractivity contribution in [3.8, 4) is 0 Å². The molecule has 0 fully saturated rings. The minimum absolute atomic E-state index is 0.794. The summed E-state index contributed by atoms with van der Waals surface area (Å²) in [7, 11) is 2.18. The summed E-state index contributed by atoms with van der Waals surface area (Å²) in [5.74, 6) is 0.794. The Bertz CT molecular complexity index is 316. The number of nitrogens with one attached hydrogen (secondary N) is 1. The normalized spacial score (nSPS) is 11.4. The minimum Gasteiger partial charge on any atom is -0.315 e. The fraction of sp³-hybridized carbons (Fsp3) is 0.625. The van der Waals surface area contributed by atoms with E-state index in [-0.39, 0.29) is 0 Å². The van der Waals surface area contributed by atoms with Crippen LogP contribution >= 0.6 is 0 Å². The zero-order valence-electron chi connectivity index (χ0n) is 12.4. The van der Waals surface area contributed by atoms with Gasteiger partial charge in [0.2, 0.25) is 0 Å². The van der Waals surface area contributed by atoms with Crippen molar-refractivity contribution in [2.24, 2.45) is 5.92 Å². The number of hydrogen-bond acceptors (Lipinski definition) is 2. The van der Waals surface area contributed by atoms with E-state index in [0.29, 0.717) is 0 Å². The third-order valence-electron chi connectivity index (χ3n) is 3.14. The lowest BCUT2D eigenvalue weighted by Gasteiger charge is -2.17. The first kappa shape index (κ1) is 15.2. The highest BCUT2D eigenvalue weighted by molar-refractivity contribution is 5.21. The molecule has 2 nitrogen and oxygen atoms in total. The summed E-state index contributed by atoms with van der Waals surface area (Å²) in [6.07, 6.45) is 1.27. The Morgan fingerprint density at radius 1 is 1.11 bits per heavy atom.